The maximum absolute atomic E-state index is 3.79. The fraction of sp³-hybridized carbons (Fsp3) is 0. The third-order valence-corrected chi connectivity index (χ3v) is 7.20. The highest BCUT2D eigenvalue weighted by atomic mass is 32.1. The normalized spacial score (nSPS) is 12.1. The van der Waals surface area contributed by atoms with Crippen molar-refractivity contribution in [2.24, 2.45) is 0 Å². The van der Waals surface area contributed by atoms with E-state index in [-0.39, 0.29) is 0 Å². The van der Waals surface area contributed by atoms with E-state index in [4.69, 9.17) is 0 Å². The summed E-state index contributed by atoms with van der Waals surface area (Å²) in [5.74, 6) is 0. The summed E-state index contributed by atoms with van der Waals surface area (Å²) in [6.07, 6.45) is 2.17. The van der Waals surface area contributed by atoms with Gasteiger partial charge in [0, 0.05) is 43.5 Å². The number of hydrogen-bond donors (Lipinski definition) is 1. The lowest BCUT2D eigenvalue weighted by molar-refractivity contribution is 1.13. The molecule has 0 spiro atoms. The lowest BCUT2D eigenvalue weighted by Gasteiger charge is -2.05. The number of nitrogens with zero attached hydrogens (tertiary/aromatic N) is 1. The molecule has 0 aliphatic heterocycles. The maximum atomic E-state index is 3.79. The Bertz CT molecular complexity index is 1700. The highest BCUT2D eigenvalue weighted by Gasteiger charge is 2.15. The van der Waals surface area contributed by atoms with Crippen molar-refractivity contribution in [1.82, 2.24) is 9.55 Å². The molecule has 1 N–H and O–H groups in total. The quantitative estimate of drug-likeness (QED) is 0.298. The van der Waals surface area contributed by atoms with Crippen molar-refractivity contribution in [2.45, 2.75) is 0 Å². The van der Waals surface area contributed by atoms with Gasteiger partial charge in [0.15, 0.2) is 0 Å². The Morgan fingerprint density at radius 1 is 0.586 bits per heavy atom. The second-order valence-electron chi connectivity index (χ2n) is 7.53. The van der Waals surface area contributed by atoms with Crippen LogP contribution in [-0.2, 0) is 0 Å². The van der Waals surface area contributed by atoms with E-state index >= 15 is 0 Å². The molecule has 0 saturated carbocycles. The molecule has 136 valence electrons. The van der Waals surface area contributed by atoms with Crippen molar-refractivity contribution in [3.63, 3.8) is 0 Å². The van der Waals surface area contributed by atoms with E-state index in [1.165, 1.54) is 58.6 Å². The van der Waals surface area contributed by atoms with E-state index in [2.05, 4.69) is 101 Å². The van der Waals surface area contributed by atoms with Gasteiger partial charge in [-0.05, 0) is 30.3 Å². The van der Waals surface area contributed by atoms with Crippen LogP contribution in [0.25, 0.3) is 58.6 Å². The molecule has 29 heavy (non-hydrogen) atoms. The Labute approximate surface area is 170 Å². The minimum Gasteiger partial charge on any atom is -0.353 e. The van der Waals surface area contributed by atoms with Crippen molar-refractivity contribution in [3.8, 4) is 5.69 Å². The van der Waals surface area contributed by atoms with Crippen molar-refractivity contribution < 1.29 is 0 Å². The number of benzene rings is 4. The van der Waals surface area contributed by atoms with Gasteiger partial charge in [0.05, 0.1) is 21.3 Å². The lowest BCUT2D eigenvalue weighted by Crippen LogP contribution is -1.90. The van der Waals surface area contributed by atoms with Gasteiger partial charge in [-0.2, -0.15) is 0 Å². The summed E-state index contributed by atoms with van der Waals surface area (Å²) in [7, 11) is 0. The number of fused-ring (bicyclic) bond motifs is 9. The number of aromatic amines is 1. The first kappa shape index (κ1) is 15.4. The van der Waals surface area contributed by atoms with Crippen molar-refractivity contribution in [2.75, 3.05) is 0 Å². The summed E-state index contributed by atoms with van der Waals surface area (Å²) in [5.41, 5.74) is 4.88. The Morgan fingerprint density at radius 3 is 2.28 bits per heavy atom. The zero-order valence-corrected chi connectivity index (χ0v) is 16.3. The van der Waals surface area contributed by atoms with E-state index in [0.717, 1.165) is 0 Å². The molecule has 0 unspecified atom stereocenters. The van der Waals surface area contributed by atoms with Crippen molar-refractivity contribution in [3.05, 3.63) is 91.1 Å². The SMILES string of the molecule is c1ccc(-n2ccc3c4[nH]c5c(ccc6c7ccccc7sc65)c4ccc32)cc1. The molecule has 0 saturated heterocycles. The Kier molecular flexibility index (Phi) is 2.91. The first-order valence-electron chi connectivity index (χ1n) is 9.80. The van der Waals surface area contributed by atoms with Gasteiger partial charge in [0.25, 0.3) is 0 Å². The molecule has 0 bridgehead atoms. The Hall–Kier alpha value is -3.56. The average Bonchev–Trinajstić information content (AvgIpc) is 3.46. The largest absolute Gasteiger partial charge is 0.353 e. The van der Waals surface area contributed by atoms with Gasteiger partial charge < -0.3 is 9.55 Å². The Morgan fingerprint density at radius 2 is 1.34 bits per heavy atom. The third-order valence-electron chi connectivity index (χ3n) is 5.99. The summed E-state index contributed by atoms with van der Waals surface area (Å²) in [6.45, 7) is 0. The van der Waals surface area contributed by atoms with Crippen LogP contribution >= 0.6 is 11.3 Å². The number of thiophene rings is 1. The summed E-state index contributed by atoms with van der Waals surface area (Å²) in [6, 6.07) is 30.5. The standard InChI is InChI=1S/C26H16N2S/c1-2-6-16(7-3-1)28-15-14-21-22(28)13-12-18-19-10-11-20-17-8-4-5-9-23(17)29-26(20)25(19)27-24(18)21/h1-15,27H. The molecule has 0 amide bonds. The first-order valence-corrected chi connectivity index (χ1v) is 10.6. The number of hydrogen-bond acceptors (Lipinski definition) is 1. The van der Waals surface area contributed by atoms with E-state index in [1.807, 2.05) is 11.3 Å². The zero-order valence-electron chi connectivity index (χ0n) is 15.5. The fourth-order valence-electron chi connectivity index (χ4n) is 4.65. The Balaban J connectivity index is 1.60. The first-order chi connectivity index (χ1) is 14.4. The molecule has 7 aromatic rings. The van der Waals surface area contributed by atoms with Gasteiger partial charge >= 0.3 is 0 Å². The maximum Gasteiger partial charge on any atom is 0.0646 e. The average molecular weight is 388 g/mol. The number of nitrogens with one attached hydrogen (secondary N) is 1. The third kappa shape index (κ3) is 2.00. The van der Waals surface area contributed by atoms with Gasteiger partial charge in [0.2, 0.25) is 0 Å². The summed E-state index contributed by atoms with van der Waals surface area (Å²) >= 11 is 1.88. The molecule has 2 nitrogen and oxygen atoms in total. The van der Waals surface area contributed by atoms with E-state index < -0.39 is 0 Å². The van der Waals surface area contributed by atoms with Gasteiger partial charge in [-0.15, -0.1) is 11.3 Å². The van der Waals surface area contributed by atoms with Crippen LogP contribution in [0, 0.1) is 0 Å². The van der Waals surface area contributed by atoms with Crippen LogP contribution in [0.5, 0.6) is 0 Å². The second-order valence-corrected chi connectivity index (χ2v) is 8.58. The highest BCUT2D eigenvalue weighted by Crippen LogP contribution is 2.41. The predicted molar refractivity (Wildman–Crippen MR) is 126 cm³/mol. The molecular weight excluding hydrogens is 372 g/mol. The van der Waals surface area contributed by atoms with Crippen molar-refractivity contribution in [1.29, 1.82) is 0 Å². The van der Waals surface area contributed by atoms with Gasteiger partial charge in [-0.3, -0.25) is 0 Å². The van der Waals surface area contributed by atoms with E-state index in [0.29, 0.717) is 0 Å². The predicted octanol–water partition coefficient (Wildman–Crippen LogP) is 7.63. The van der Waals surface area contributed by atoms with Crippen LogP contribution in [-0.4, -0.2) is 9.55 Å². The van der Waals surface area contributed by atoms with Crippen LogP contribution in [0.4, 0.5) is 0 Å². The monoisotopic (exact) mass is 388 g/mol. The number of rotatable bonds is 1. The molecule has 0 aliphatic carbocycles. The number of aromatic nitrogens is 2. The van der Waals surface area contributed by atoms with Crippen LogP contribution in [0.3, 0.4) is 0 Å². The van der Waals surface area contributed by atoms with Crippen LogP contribution < -0.4 is 0 Å². The summed E-state index contributed by atoms with van der Waals surface area (Å²) < 4.78 is 4.94. The number of para-hydroxylation sites is 1. The molecule has 3 heterocycles. The summed E-state index contributed by atoms with van der Waals surface area (Å²) in [4.78, 5) is 3.79. The second kappa shape index (κ2) is 5.49. The molecule has 0 fully saturated rings. The van der Waals surface area contributed by atoms with Crippen LogP contribution in [0.2, 0.25) is 0 Å². The molecule has 0 radical (unpaired) electrons. The lowest BCUT2D eigenvalue weighted by atomic mass is 10.1. The van der Waals surface area contributed by atoms with Gasteiger partial charge in [-0.1, -0.05) is 54.6 Å². The number of H-pyrrole nitrogens is 1. The van der Waals surface area contributed by atoms with Gasteiger partial charge in [0.1, 0.15) is 0 Å². The fourth-order valence-corrected chi connectivity index (χ4v) is 5.86. The van der Waals surface area contributed by atoms with Crippen molar-refractivity contribution >= 4 is 64.2 Å². The van der Waals surface area contributed by atoms with Gasteiger partial charge in [-0.25, -0.2) is 0 Å². The summed E-state index contributed by atoms with van der Waals surface area (Å²) in [5, 5.41) is 6.53. The molecule has 3 heteroatoms. The topological polar surface area (TPSA) is 20.7 Å². The molecular formula is C26H16N2S. The van der Waals surface area contributed by atoms with Crippen LogP contribution in [0.15, 0.2) is 91.1 Å². The minimum atomic E-state index is 1.19. The molecule has 4 aromatic carbocycles. The molecule has 3 aromatic heterocycles. The molecule has 7 rings (SSSR count). The molecule has 0 aliphatic rings. The molecule has 0 atom stereocenters. The van der Waals surface area contributed by atoms with E-state index in [9.17, 15) is 0 Å². The van der Waals surface area contributed by atoms with E-state index in [1.54, 1.807) is 0 Å². The minimum absolute atomic E-state index is 1.19. The zero-order chi connectivity index (χ0) is 18.9. The smallest absolute Gasteiger partial charge is 0.0646 e. The highest BCUT2D eigenvalue weighted by molar-refractivity contribution is 7.26. The van der Waals surface area contributed by atoms with Crippen LogP contribution in [0.1, 0.15) is 0 Å².